The number of hydrogen-bond donors (Lipinski definition) is 2. The van der Waals surface area contributed by atoms with Gasteiger partial charge in [-0.15, -0.1) is 0 Å². The molecule has 0 atom stereocenters. The summed E-state index contributed by atoms with van der Waals surface area (Å²) >= 11 is 0. The summed E-state index contributed by atoms with van der Waals surface area (Å²) < 4.78 is 42.3. The van der Waals surface area contributed by atoms with Gasteiger partial charge in [0.2, 0.25) is 0 Å². The predicted molar refractivity (Wildman–Crippen MR) is 124 cm³/mol. The zero-order valence-corrected chi connectivity index (χ0v) is 17.9. The normalized spacial score (nSPS) is 11.5. The molecule has 0 saturated heterocycles. The second kappa shape index (κ2) is 8.56. The summed E-state index contributed by atoms with van der Waals surface area (Å²) in [5.41, 5.74) is -0.424. The number of amides is 1. The van der Waals surface area contributed by atoms with Gasteiger partial charge in [-0.1, -0.05) is 48.5 Å². The molecule has 2 heterocycles. The number of para-hydroxylation sites is 1. The van der Waals surface area contributed by atoms with Crippen LogP contribution in [-0.2, 0) is 6.18 Å². The molecule has 0 unspecified atom stereocenters. The number of carbonyl (C=O) groups excluding carboxylic acids is 1. The zero-order chi connectivity index (χ0) is 24.6. The van der Waals surface area contributed by atoms with Crippen molar-refractivity contribution in [2.75, 3.05) is 5.32 Å². The van der Waals surface area contributed by atoms with Crippen molar-refractivity contribution >= 4 is 22.4 Å². The van der Waals surface area contributed by atoms with Crippen molar-refractivity contribution in [1.82, 2.24) is 20.0 Å². The number of aromatic amines is 1. The first kappa shape index (κ1) is 22.1. The quantitative estimate of drug-likeness (QED) is 0.381. The number of halogens is 3. The fraction of sp³-hybridized carbons (Fsp3) is 0.0400. The third-order valence-corrected chi connectivity index (χ3v) is 5.40. The lowest BCUT2D eigenvalue weighted by molar-refractivity contribution is -0.143. The third kappa shape index (κ3) is 4.17. The lowest BCUT2D eigenvalue weighted by Crippen LogP contribution is -2.20. The SMILES string of the molecule is O=C(Nc1ccc(-c2n[nH]c(=O)c3ccccc23)cc1)c1cnn(-c2ccccc2)c1C(F)(F)F. The standard InChI is InChI=1S/C25H16F3N5O2/c26-25(27,28)22-20(14-29-33(22)17-6-2-1-3-7-17)23(34)30-16-12-10-15(11-13-16)21-18-8-4-5-9-19(18)24(35)32-31-21/h1-14H,(H,30,34)(H,32,35). The molecule has 0 aliphatic carbocycles. The highest BCUT2D eigenvalue weighted by molar-refractivity contribution is 6.05. The first-order chi connectivity index (χ1) is 16.8. The van der Waals surface area contributed by atoms with E-state index in [0.717, 1.165) is 6.20 Å². The van der Waals surface area contributed by atoms with E-state index in [4.69, 9.17) is 0 Å². The number of rotatable bonds is 4. The number of alkyl halides is 3. The van der Waals surface area contributed by atoms with Crippen molar-refractivity contribution in [3.8, 4) is 16.9 Å². The second-order valence-electron chi connectivity index (χ2n) is 7.63. The average Bonchev–Trinajstić information content (AvgIpc) is 3.32. The molecule has 0 bridgehead atoms. The number of benzene rings is 3. The summed E-state index contributed by atoms with van der Waals surface area (Å²) in [6, 6.07) is 21.2. The molecule has 5 aromatic rings. The van der Waals surface area contributed by atoms with Crippen molar-refractivity contribution in [3.05, 3.63) is 107 Å². The Bertz CT molecular complexity index is 1590. The molecule has 0 fully saturated rings. The molecule has 2 N–H and O–H groups in total. The Morgan fingerprint density at radius 2 is 1.54 bits per heavy atom. The largest absolute Gasteiger partial charge is 0.434 e. The van der Waals surface area contributed by atoms with Gasteiger partial charge in [0, 0.05) is 16.6 Å². The minimum atomic E-state index is -4.81. The Hall–Kier alpha value is -4.73. The van der Waals surface area contributed by atoms with Crippen LogP contribution in [0.25, 0.3) is 27.7 Å². The average molecular weight is 475 g/mol. The van der Waals surface area contributed by atoms with Gasteiger partial charge in [0.25, 0.3) is 11.5 Å². The minimum absolute atomic E-state index is 0.184. The number of carbonyl (C=O) groups is 1. The molecule has 10 heteroatoms. The lowest BCUT2D eigenvalue weighted by atomic mass is 10.0. The van der Waals surface area contributed by atoms with Crippen molar-refractivity contribution < 1.29 is 18.0 Å². The number of nitrogens with zero attached hydrogens (tertiary/aromatic N) is 3. The molecular formula is C25H16F3N5O2. The summed E-state index contributed by atoms with van der Waals surface area (Å²) in [5, 5.41) is 14.0. The Morgan fingerprint density at radius 1 is 0.886 bits per heavy atom. The first-order valence-corrected chi connectivity index (χ1v) is 10.4. The Kier molecular flexibility index (Phi) is 5.40. The van der Waals surface area contributed by atoms with Gasteiger partial charge in [-0.05, 0) is 30.3 Å². The molecule has 7 nitrogen and oxygen atoms in total. The number of hydrogen-bond acceptors (Lipinski definition) is 4. The molecule has 0 spiro atoms. The van der Waals surface area contributed by atoms with Crippen LogP contribution in [-0.4, -0.2) is 25.9 Å². The minimum Gasteiger partial charge on any atom is -0.322 e. The summed E-state index contributed by atoms with van der Waals surface area (Å²) in [4.78, 5) is 24.8. The van der Waals surface area contributed by atoms with Crippen LogP contribution in [0.2, 0.25) is 0 Å². The van der Waals surface area contributed by atoms with Gasteiger partial charge >= 0.3 is 6.18 Å². The van der Waals surface area contributed by atoms with E-state index >= 15 is 0 Å². The molecular weight excluding hydrogens is 459 g/mol. The van der Waals surface area contributed by atoms with Gasteiger partial charge in [-0.25, -0.2) is 9.78 Å². The number of aromatic nitrogens is 4. The number of H-pyrrole nitrogens is 1. The molecule has 174 valence electrons. The third-order valence-electron chi connectivity index (χ3n) is 5.40. The van der Waals surface area contributed by atoms with E-state index < -0.39 is 23.3 Å². The van der Waals surface area contributed by atoms with Crippen molar-refractivity contribution in [3.63, 3.8) is 0 Å². The maximum atomic E-state index is 13.9. The van der Waals surface area contributed by atoms with E-state index in [1.165, 1.54) is 12.1 Å². The monoisotopic (exact) mass is 475 g/mol. The highest BCUT2D eigenvalue weighted by atomic mass is 19.4. The Labute approximate surface area is 195 Å². The topological polar surface area (TPSA) is 92.7 Å². The Morgan fingerprint density at radius 3 is 2.23 bits per heavy atom. The Balaban J connectivity index is 1.45. The van der Waals surface area contributed by atoms with Crippen LogP contribution in [0.5, 0.6) is 0 Å². The first-order valence-electron chi connectivity index (χ1n) is 10.4. The van der Waals surface area contributed by atoms with Crippen LogP contribution in [0.1, 0.15) is 16.1 Å². The van der Waals surface area contributed by atoms with E-state index in [-0.39, 0.29) is 16.9 Å². The van der Waals surface area contributed by atoms with Gasteiger partial charge < -0.3 is 5.32 Å². The van der Waals surface area contributed by atoms with Gasteiger partial charge in [-0.3, -0.25) is 9.59 Å². The second-order valence-corrected chi connectivity index (χ2v) is 7.63. The van der Waals surface area contributed by atoms with E-state index in [2.05, 4.69) is 20.6 Å². The van der Waals surface area contributed by atoms with Gasteiger partial charge in [0.15, 0.2) is 5.69 Å². The predicted octanol–water partition coefficient (Wildman–Crippen LogP) is 5.05. The summed E-state index contributed by atoms with van der Waals surface area (Å²) in [6.07, 6.45) is -3.91. The van der Waals surface area contributed by atoms with Crippen molar-refractivity contribution in [2.45, 2.75) is 6.18 Å². The van der Waals surface area contributed by atoms with E-state index in [0.29, 0.717) is 26.7 Å². The zero-order valence-electron chi connectivity index (χ0n) is 17.9. The summed E-state index contributed by atoms with van der Waals surface area (Å²) in [5.74, 6) is -0.945. The van der Waals surface area contributed by atoms with Crippen LogP contribution in [0.15, 0.2) is 89.9 Å². The van der Waals surface area contributed by atoms with Gasteiger partial charge in [0.05, 0.1) is 28.5 Å². The van der Waals surface area contributed by atoms with Gasteiger partial charge in [-0.2, -0.15) is 23.4 Å². The lowest BCUT2D eigenvalue weighted by Gasteiger charge is -2.13. The number of anilines is 1. The van der Waals surface area contributed by atoms with Crippen molar-refractivity contribution in [1.29, 1.82) is 0 Å². The molecule has 0 aliphatic heterocycles. The molecule has 0 aliphatic rings. The number of nitrogens with one attached hydrogen (secondary N) is 2. The van der Waals surface area contributed by atoms with Crippen molar-refractivity contribution in [2.24, 2.45) is 0 Å². The highest BCUT2D eigenvalue weighted by Crippen LogP contribution is 2.34. The molecule has 0 radical (unpaired) electrons. The highest BCUT2D eigenvalue weighted by Gasteiger charge is 2.40. The number of fused-ring (bicyclic) bond motifs is 1. The molecule has 35 heavy (non-hydrogen) atoms. The summed E-state index contributed by atoms with van der Waals surface area (Å²) in [6.45, 7) is 0. The van der Waals surface area contributed by atoms with E-state index in [1.807, 2.05) is 0 Å². The molecule has 3 aromatic carbocycles. The fourth-order valence-corrected chi connectivity index (χ4v) is 3.80. The smallest absolute Gasteiger partial charge is 0.322 e. The maximum absolute atomic E-state index is 13.9. The van der Waals surface area contributed by atoms with Crippen LogP contribution in [0.4, 0.5) is 18.9 Å². The van der Waals surface area contributed by atoms with Crippen LogP contribution in [0, 0.1) is 0 Å². The molecule has 0 saturated carbocycles. The van der Waals surface area contributed by atoms with Gasteiger partial charge in [0.1, 0.15) is 0 Å². The molecule has 5 rings (SSSR count). The molecule has 2 aromatic heterocycles. The van der Waals surface area contributed by atoms with Crippen LogP contribution < -0.4 is 10.9 Å². The van der Waals surface area contributed by atoms with Crippen LogP contribution in [0.3, 0.4) is 0 Å². The maximum Gasteiger partial charge on any atom is 0.434 e. The fourth-order valence-electron chi connectivity index (χ4n) is 3.80. The van der Waals surface area contributed by atoms with E-state index in [9.17, 15) is 22.8 Å². The van der Waals surface area contributed by atoms with E-state index in [1.54, 1.807) is 66.7 Å². The summed E-state index contributed by atoms with van der Waals surface area (Å²) in [7, 11) is 0. The molecule has 1 amide bonds. The van der Waals surface area contributed by atoms with Crippen LogP contribution >= 0.6 is 0 Å².